The highest BCUT2D eigenvalue weighted by Gasteiger charge is 2.41. The lowest BCUT2D eigenvalue weighted by Crippen LogP contribution is -2.32. The molecule has 0 N–H and O–H groups in total. The second-order valence-electron chi connectivity index (χ2n) is 13.0. The lowest BCUT2D eigenvalue weighted by atomic mass is 10.1. The zero-order valence-electron chi connectivity index (χ0n) is 29.6. The lowest BCUT2D eigenvalue weighted by molar-refractivity contribution is -0.144. The largest absolute Gasteiger partial charge is 0.465 e. The van der Waals surface area contributed by atoms with Crippen molar-refractivity contribution < 1.29 is 33.3 Å². The van der Waals surface area contributed by atoms with Gasteiger partial charge in [0.1, 0.15) is 25.0 Å². The van der Waals surface area contributed by atoms with E-state index in [1.165, 1.54) is 0 Å². The van der Waals surface area contributed by atoms with Gasteiger partial charge in [-0.15, -0.1) is 0 Å². The Morgan fingerprint density at radius 3 is 2.13 bits per heavy atom. The maximum Gasteiger partial charge on any atom is 0.338 e. The maximum atomic E-state index is 13.3. The van der Waals surface area contributed by atoms with Crippen LogP contribution in [0.2, 0.25) is 0 Å². The monoisotopic (exact) mass is 814 g/mol. The normalized spacial score (nSPS) is 17.0. The second-order valence-corrected chi connectivity index (χ2v) is 14.1. The summed E-state index contributed by atoms with van der Waals surface area (Å²) in [6.45, 7) is 7.39. The molecule has 6 rings (SSSR count). The summed E-state index contributed by atoms with van der Waals surface area (Å²) in [5, 5.41) is 1.08. The molecule has 5 aromatic rings. The molecule has 1 saturated heterocycles. The van der Waals surface area contributed by atoms with Crippen LogP contribution in [0.15, 0.2) is 103 Å². The van der Waals surface area contributed by atoms with Crippen LogP contribution in [0.4, 0.5) is 0 Å². The van der Waals surface area contributed by atoms with Gasteiger partial charge >= 0.3 is 17.9 Å². The summed E-state index contributed by atoms with van der Waals surface area (Å²) in [5.74, 6) is -1.19. The fourth-order valence-corrected chi connectivity index (χ4v) is 7.62. The summed E-state index contributed by atoms with van der Waals surface area (Å²) < 4.78 is 26.9. The molecular formula is C42H43IN2O7. The number of aryl methyl sites for hydroxylation is 2. The Bertz CT molecular complexity index is 1990. The highest BCUT2D eigenvalue weighted by molar-refractivity contribution is 14.1. The molecule has 0 spiro atoms. The average molecular weight is 815 g/mol. The smallest absolute Gasteiger partial charge is 0.338 e. The van der Waals surface area contributed by atoms with Gasteiger partial charge in [-0.05, 0) is 91.2 Å². The SMILES string of the molecule is CCOC(=O)CN(CCc1c(I)n([C@@H]2CC(OC(=O)c3ccc(C)cc3)[C@@H](COC(=O)c3ccc(C)cc3)O2)c2ccccc12)Cc1ccccc1. The minimum atomic E-state index is -0.694. The quantitative estimate of drug-likeness (QED) is 0.0636. The molecule has 0 bridgehead atoms. The van der Waals surface area contributed by atoms with Crippen LogP contribution in [0.25, 0.3) is 10.9 Å². The van der Waals surface area contributed by atoms with Crippen LogP contribution in [-0.4, -0.2) is 65.9 Å². The van der Waals surface area contributed by atoms with E-state index in [9.17, 15) is 14.4 Å². The van der Waals surface area contributed by atoms with Crippen LogP contribution < -0.4 is 0 Å². The summed E-state index contributed by atoms with van der Waals surface area (Å²) in [6.07, 6.45) is -0.823. The number of hydrogen-bond donors (Lipinski definition) is 0. The van der Waals surface area contributed by atoms with Crippen molar-refractivity contribution in [3.8, 4) is 0 Å². The summed E-state index contributed by atoms with van der Waals surface area (Å²) in [6, 6.07) is 32.7. The van der Waals surface area contributed by atoms with Crippen LogP contribution >= 0.6 is 22.6 Å². The second kappa shape index (κ2) is 17.3. The molecule has 1 aliphatic rings. The van der Waals surface area contributed by atoms with Gasteiger partial charge in [0, 0.05) is 24.9 Å². The van der Waals surface area contributed by atoms with Crippen molar-refractivity contribution in [2.75, 3.05) is 26.3 Å². The average Bonchev–Trinajstić information content (AvgIpc) is 3.66. The van der Waals surface area contributed by atoms with E-state index in [1.54, 1.807) is 24.3 Å². The number of aromatic nitrogens is 1. The highest BCUT2D eigenvalue weighted by Crippen LogP contribution is 2.39. The van der Waals surface area contributed by atoms with Gasteiger partial charge in [-0.1, -0.05) is 83.9 Å². The van der Waals surface area contributed by atoms with E-state index in [4.69, 9.17) is 18.9 Å². The third kappa shape index (κ3) is 9.09. The Kier molecular flexibility index (Phi) is 12.4. The minimum absolute atomic E-state index is 0.0833. The van der Waals surface area contributed by atoms with Crippen molar-refractivity contribution in [1.29, 1.82) is 0 Å². The Labute approximate surface area is 317 Å². The summed E-state index contributed by atoms with van der Waals surface area (Å²) in [5.41, 5.74) is 6.18. The molecule has 9 nitrogen and oxygen atoms in total. The van der Waals surface area contributed by atoms with Gasteiger partial charge in [-0.25, -0.2) is 9.59 Å². The number of nitrogens with zero attached hydrogens (tertiary/aromatic N) is 2. The Balaban J connectivity index is 1.25. The summed E-state index contributed by atoms with van der Waals surface area (Å²) >= 11 is 2.37. The number of fused-ring (bicyclic) bond motifs is 1. The van der Waals surface area contributed by atoms with Crippen LogP contribution in [0.1, 0.15) is 62.5 Å². The Morgan fingerprint density at radius 2 is 1.46 bits per heavy atom. The fraction of sp³-hybridized carbons (Fsp3) is 0.310. The van der Waals surface area contributed by atoms with Crippen molar-refractivity contribution in [3.05, 3.63) is 140 Å². The number of ether oxygens (including phenoxy) is 4. The van der Waals surface area contributed by atoms with Crippen molar-refractivity contribution >= 4 is 51.4 Å². The van der Waals surface area contributed by atoms with Crippen LogP contribution in [0.3, 0.4) is 0 Å². The van der Waals surface area contributed by atoms with E-state index in [0.29, 0.717) is 43.7 Å². The molecule has 0 aliphatic carbocycles. The van der Waals surface area contributed by atoms with Gasteiger partial charge in [0.25, 0.3) is 0 Å². The summed E-state index contributed by atoms with van der Waals surface area (Å²) in [7, 11) is 0. The molecule has 3 atom stereocenters. The standard InChI is InChI=1S/C42H43IN2O7/c1-4-49-39(46)26-44(25-30-10-6-5-7-11-30)23-22-34-33-12-8-9-13-35(33)45(40(34)43)38-24-36(52-42(48)32-20-16-29(3)17-21-32)37(51-38)27-50-41(47)31-18-14-28(2)15-19-31/h5-21,36-38H,4,22-27H2,1-3H3/t36?,37-,38+/m1/s1. The van der Waals surface area contributed by atoms with Crippen molar-refractivity contribution in [3.63, 3.8) is 0 Å². The molecule has 0 saturated carbocycles. The van der Waals surface area contributed by atoms with Gasteiger partial charge < -0.3 is 23.5 Å². The van der Waals surface area contributed by atoms with E-state index >= 15 is 0 Å². The Hall–Kier alpha value is -4.52. The van der Waals surface area contributed by atoms with Crippen LogP contribution in [0.5, 0.6) is 0 Å². The first-order chi connectivity index (χ1) is 25.2. The molecule has 52 heavy (non-hydrogen) atoms. The first-order valence-electron chi connectivity index (χ1n) is 17.6. The van der Waals surface area contributed by atoms with Crippen molar-refractivity contribution in [1.82, 2.24) is 9.47 Å². The molecular weight excluding hydrogens is 771 g/mol. The molecule has 0 amide bonds. The van der Waals surface area contributed by atoms with E-state index in [1.807, 2.05) is 75.4 Å². The zero-order chi connectivity index (χ0) is 36.6. The number of carbonyl (C=O) groups excluding carboxylic acids is 3. The predicted octanol–water partition coefficient (Wildman–Crippen LogP) is 7.84. The van der Waals surface area contributed by atoms with Gasteiger partial charge in [0.05, 0.1) is 33.5 Å². The molecule has 1 aromatic heterocycles. The molecule has 2 heterocycles. The van der Waals surface area contributed by atoms with E-state index < -0.39 is 30.4 Å². The van der Waals surface area contributed by atoms with Crippen molar-refractivity contribution in [2.24, 2.45) is 0 Å². The molecule has 10 heteroatoms. The zero-order valence-corrected chi connectivity index (χ0v) is 31.8. The number of para-hydroxylation sites is 1. The topological polar surface area (TPSA) is 96.3 Å². The van der Waals surface area contributed by atoms with Gasteiger partial charge in [-0.2, -0.15) is 0 Å². The molecule has 0 radical (unpaired) electrons. The van der Waals surface area contributed by atoms with Crippen LogP contribution in [0, 0.1) is 17.5 Å². The Morgan fingerprint density at radius 1 is 0.827 bits per heavy atom. The third-order valence-corrected chi connectivity index (χ3v) is 10.4. The number of rotatable bonds is 14. The number of hydrogen-bond acceptors (Lipinski definition) is 8. The van der Waals surface area contributed by atoms with E-state index in [2.05, 4.69) is 56.3 Å². The highest BCUT2D eigenvalue weighted by atomic mass is 127. The van der Waals surface area contributed by atoms with Gasteiger partial charge in [0.2, 0.25) is 0 Å². The fourth-order valence-electron chi connectivity index (χ4n) is 6.49. The molecule has 1 aliphatic heterocycles. The predicted molar refractivity (Wildman–Crippen MR) is 207 cm³/mol. The van der Waals surface area contributed by atoms with Gasteiger partial charge in [0.15, 0.2) is 0 Å². The third-order valence-electron chi connectivity index (χ3n) is 9.21. The number of carbonyl (C=O) groups is 3. The molecule has 270 valence electrons. The summed E-state index contributed by atoms with van der Waals surface area (Å²) in [4.78, 5) is 41.0. The van der Waals surface area contributed by atoms with Crippen LogP contribution in [-0.2, 0) is 36.7 Å². The first-order valence-corrected chi connectivity index (χ1v) is 18.6. The molecule has 1 unspecified atom stereocenters. The molecule has 1 fully saturated rings. The van der Waals surface area contributed by atoms with E-state index in [0.717, 1.165) is 36.9 Å². The van der Waals surface area contributed by atoms with Gasteiger partial charge in [-0.3, -0.25) is 9.69 Å². The maximum absolute atomic E-state index is 13.3. The van der Waals surface area contributed by atoms with E-state index in [-0.39, 0.29) is 19.1 Å². The number of benzene rings is 4. The molecule has 4 aromatic carbocycles. The first kappa shape index (κ1) is 37.2. The lowest BCUT2D eigenvalue weighted by Gasteiger charge is -2.22. The number of halogens is 1. The number of esters is 3. The minimum Gasteiger partial charge on any atom is -0.465 e. The van der Waals surface area contributed by atoms with Crippen molar-refractivity contribution in [2.45, 2.75) is 58.6 Å².